The third-order valence-corrected chi connectivity index (χ3v) is 3.18. The predicted octanol–water partition coefficient (Wildman–Crippen LogP) is 2.66. The van der Waals surface area contributed by atoms with Crippen LogP contribution in [0.25, 0.3) is 16.9 Å². The highest BCUT2D eigenvalue weighted by Gasteiger charge is 2.09. The number of benzene rings is 1. The van der Waals surface area contributed by atoms with Crippen molar-refractivity contribution >= 4 is 11.6 Å². The van der Waals surface area contributed by atoms with Crippen molar-refractivity contribution in [2.45, 2.75) is 0 Å². The molecule has 21 heavy (non-hydrogen) atoms. The minimum Gasteiger partial charge on any atom is -0.465 e. The van der Waals surface area contributed by atoms with Crippen molar-refractivity contribution in [3.8, 4) is 17.3 Å². The minimum absolute atomic E-state index is 0.384. The standard InChI is InChI=1S/C16H11N3O2/c1-21-16(20)13-6-7-15-18-14(10-19(15)9-13)12-4-2-11(8-17)3-5-12/h2-7,9-10H,1H3. The number of imidazole rings is 1. The molecule has 0 saturated heterocycles. The van der Waals surface area contributed by atoms with Gasteiger partial charge in [-0.05, 0) is 24.3 Å². The number of aromatic nitrogens is 2. The Labute approximate surface area is 121 Å². The van der Waals surface area contributed by atoms with Gasteiger partial charge in [-0.2, -0.15) is 5.26 Å². The zero-order valence-corrected chi connectivity index (χ0v) is 11.3. The molecular formula is C16H11N3O2. The molecule has 0 N–H and O–H groups in total. The molecule has 3 rings (SSSR count). The number of nitriles is 1. The second kappa shape index (κ2) is 5.10. The summed E-state index contributed by atoms with van der Waals surface area (Å²) in [4.78, 5) is 16.0. The van der Waals surface area contributed by atoms with Gasteiger partial charge in [0.25, 0.3) is 0 Å². The van der Waals surface area contributed by atoms with Crippen LogP contribution in [0.1, 0.15) is 15.9 Å². The van der Waals surface area contributed by atoms with Crippen molar-refractivity contribution < 1.29 is 9.53 Å². The molecule has 0 aliphatic rings. The molecule has 0 atom stereocenters. The maximum Gasteiger partial charge on any atom is 0.339 e. The number of hydrogen-bond acceptors (Lipinski definition) is 4. The Morgan fingerprint density at radius 2 is 1.95 bits per heavy atom. The summed E-state index contributed by atoms with van der Waals surface area (Å²) in [5.41, 5.74) is 3.50. The van der Waals surface area contributed by atoms with Crippen LogP contribution in [0.4, 0.5) is 0 Å². The summed E-state index contributed by atoms with van der Waals surface area (Å²) in [6.07, 6.45) is 3.52. The molecule has 0 aliphatic carbocycles. The number of carbonyl (C=O) groups excluding carboxylic acids is 1. The van der Waals surface area contributed by atoms with Crippen molar-refractivity contribution in [3.05, 3.63) is 59.9 Å². The number of nitrogens with zero attached hydrogens (tertiary/aromatic N) is 3. The average molecular weight is 277 g/mol. The fourth-order valence-electron chi connectivity index (χ4n) is 2.09. The third kappa shape index (κ3) is 2.35. The van der Waals surface area contributed by atoms with Crippen LogP contribution in [0.2, 0.25) is 0 Å². The van der Waals surface area contributed by atoms with E-state index in [-0.39, 0.29) is 5.97 Å². The Kier molecular flexibility index (Phi) is 3.13. The molecule has 0 radical (unpaired) electrons. The van der Waals surface area contributed by atoms with Gasteiger partial charge in [-0.1, -0.05) is 12.1 Å². The molecular weight excluding hydrogens is 266 g/mol. The first-order valence-corrected chi connectivity index (χ1v) is 6.29. The maximum absolute atomic E-state index is 11.5. The fourth-order valence-corrected chi connectivity index (χ4v) is 2.09. The Morgan fingerprint density at radius 3 is 2.62 bits per heavy atom. The summed E-state index contributed by atoms with van der Waals surface area (Å²) >= 11 is 0. The van der Waals surface area contributed by atoms with Gasteiger partial charge in [-0.25, -0.2) is 9.78 Å². The largest absolute Gasteiger partial charge is 0.465 e. The first kappa shape index (κ1) is 12.9. The van der Waals surface area contributed by atoms with E-state index in [1.807, 2.05) is 18.3 Å². The molecule has 0 spiro atoms. The van der Waals surface area contributed by atoms with E-state index >= 15 is 0 Å². The number of rotatable bonds is 2. The lowest BCUT2D eigenvalue weighted by Crippen LogP contribution is -2.02. The topological polar surface area (TPSA) is 67.4 Å². The van der Waals surface area contributed by atoms with Gasteiger partial charge in [0.1, 0.15) is 5.65 Å². The van der Waals surface area contributed by atoms with Crippen LogP contribution >= 0.6 is 0 Å². The summed E-state index contributed by atoms with van der Waals surface area (Å²) in [7, 11) is 1.35. The van der Waals surface area contributed by atoms with Crippen LogP contribution in [0.3, 0.4) is 0 Å². The van der Waals surface area contributed by atoms with Gasteiger partial charge >= 0.3 is 5.97 Å². The lowest BCUT2D eigenvalue weighted by molar-refractivity contribution is 0.0600. The van der Waals surface area contributed by atoms with Crippen molar-refractivity contribution in [1.82, 2.24) is 9.38 Å². The van der Waals surface area contributed by atoms with Crippen LogP contribution in [0.5, 0.6) is 0 Å². The van der Waals surface area contributed by atoms with E-state index in [1.165, 1.54) is 7.11 Å². The zero-order valence-electron chi connectivity index (χ0n) is 11.3. The van der Waals surface area contributed by atoms with Gasteiger partial charge in [0.05, 0.1) is 30.0 Å². The van der Waals surface area contributed by atoms with E-state index in [4.69, 9.17) is 10.00 Å². The predicted molar refractivity (Wildman–Crippen MR) is 76.7 cm³/mol. The highest BCUT2D eigenvalue weighted by molar-refractivity contribution is 5.89. The van der Waals surface area contributed by atoms with Crippen molar-refractivity contribution in [1.29, 1.82) is 5.26 Å². The maximum atomic E-state index is 11.5. The van der Waals surface area contributed by atoms with Crippen molar-refractivity contribution in [3.63, 3.8) is 0 Å². The van der Waals surface area contributed by atoms with Crippen LogP contribution in [-0.4, -0.2) is 22.5 Å². The molecule has 1 aromatic carbocycles. The van der Waals surface area contributed by atoms with Crippen molar-refractivity contribution in [2.75, 3.05) is 7.11 Å². The Balaban J connectivity index is 2.04. The molecule has 0 aliphatic heterocycles. The molecule has 0 fully saturated rings. The number of methoxy groups -OCH3 is 1. The number of pyridine rings is 1. The smallest absolute Gasteiger partial charge is 0.339 e. The summed E-state index contributed by atoms with van der Waals surface area (Å²) in [5, 5.41) is 8.81. The number of fused-ring (bicyclic) bond motifs is 1. The molecule has 0 saturated carbocycles. The monoisotopic (exact) mass is 277 g/mol. The van der Waals surface area contributed by atoms with Gasteiger partial charge in [0.2, 0.25) is 0 Å². The second-order valence-corrected chi connectivity index (χ2v) is 4.49. The van der Waals surface area contributed by atoms with Gasteiger partial charge in [0.15, 0.2) is 0 Å². The number of ether oxygens (including phenoxy) is 1. The zero-order chi connectivity index (χ0) is 14.8. The highest BCUT2D eigenvalue weighted by Crippen LogP contribution is 2.20. The third-order valence-electron chi connectivity index (χ3n) is 3.18. The molecule has 3 aromatic rings. The lowest BCUT2D eigenvalue weighted by atomic mass is 10.1. The van der Waals surface area contributed by atoms with Crippen LogP contribution in [0.15, 0.2) is 48.8 Å². The van der Waals surface area contributed by atoms with Crippen LogP contribution in [-0.2, 0) is 4.74 Å². The fraction of sp³-hybridized carbons (Fsp3) is 0.0625. The number of hydrogen-bond donors (Lipinski definition) is 0. The van der Waals surface area contributed by atoms with Gasteiger partial charge < -0.3 is 9.14 Å². The molecule has 5 heteroatoms. The second-order valence-electron chi connectivity index (χ2n) is 4.49. The molecule has 102 valence electrons. The summed E-state index contributed by atoms with van der Waals surface area (Å²) < 4.78 is 6.48. The van der Waals surface area contributed by atoms with E-state index in [0.717, 1.165) is 16.9 Å². The Morgan fingerprint density at radius 1 is 1.19 bits per heavy atom. The molecule has 2 heterocycles. The quantitative estimate of drug-likeness (QED) is 0.675. The highest BCUT2D eigenvalue weighted by atomic mass is 16.5. The first-order valence-electron chi connectivity index (χ1n) is 6.29. The molecule has 0 amide bonds. The van der Waals surface area contributed by atoms with E-state index in [9.17, 15) is 4.79 Å². The van der Waals surface area contributed by atoms with Gasteiger partial charge in [0, 0.05) is 18.0 Å². The average Bonchev–Trinajstić information content (AvgIpc) is 2.97. The molecule has 2 aromatic heterocycles. The number of carbonyl (C=O) groups is 1. The lowest BCUT2D eigenvalue weighted by Gasteiger charge is -1.99. The number of esters is 1. The Hall–Kier alpha value is -3.13. The van der Waals surface area contributed by atoms with Gasteiger partial charge in [-0.3, -0.25) is 0 Å². The normalized spacial score (nSPS) is 10.3. The summed E-state index contributed by atoms with van der Waals surface area (Å²) in [6, 6.07) is 12.7. The molecule has 0 bridgehead atoms. The van der Waals surface area contributed by atoms with Gasteiger partial charge in [-0.15, -0.1) is 0 Å². The van der Waals surface area contributed by atoms with E-state index in [2.05, 4.69) is 11.1 Å². The van der Waals surface area contributed by atoms with E-state index in [0.29, 0.717) is 11.1 Å². The molecule has 0 unspecified atom stereocenters. The minimum atomic E-state index is -0.384. The first-order chi connectivity index (χ1) is 10.2. The SMILES string of the molecule is COC(=O)c1ccc2nc(-c3ccc(C#N)cc3)cn2c1. The Bertz CT molecular complexity index is 857. The van der Waals surface area contributed by atoms with Crippen LogP contribution < -0.4 is 0 Å². The molecule has 5 nitrogen and oxygen atoms in total. The summed E-state index contributed by atoms with van der Waals surface area (Å²) in [5.74, 6) is -0.384. The van der Waals surface area contributed by atoms with E-state index in [1.54, 1.807) is 34.9 Å². The van der Waals surface area contributed by atoms with Crippen LogP contribution in [0, 0.1) is 11.3 Å². The van der Waals surface area contributed by atoms with E-state index < -0.39 is 0 Å². The summed E-state index contributed by atoms with van der Waals surface area (Å²) in [6.45, 7) is 0. The van der Waals surface area contributed by atoms with Crippen molar-refractivity contribution in [2.24, 2.45) is 0 Å².